The van der Waals surface area contributed by atoms with Crippen LogP contribution < -0.4 is 0 Å². The van der Waals surface area contributed by atoms with Crippen LogP contribution in [0.5, 0.6) is 0 Å². The number of hydrogen-bond donors (Lipinski definition) is 1. The molecule has 0 aliphatic heterocycles. The Morgan fingerprint density at radius 1 is 1.64 bits per heavy atom. The van der Waals surface area contributed by atoms with Gasteiger partial charge in [-0.05, 0) is 24.6 Å². The molecule has 4 heteroatoms. The predicted molar refractivity (Wildman–Crippen MR) is 51.7 cm³/mol. The Labute approximate surface area is 86.3 Å². The number of aliphatic hydroxyl groups is 1. The highest BCUT2D eigenvalue weighted by Gasteiger charge is 2.11. The fraction of sp³-hybridized carbons (Fsp3) is 0.300. The molecule has 0 amide bonds. The monoisotopic (exact) mass is 216 g/mol. The van der Waals surface area contributed by atoms with Crippen LogP contribution in [0.4, 0.5) is 4.39 Å². The molecule has 0 unspecified atom stereocenters. The van der Waals surface area contributed by atoms with Gasteiger partial charge in [-0.2, -0.15) is 0 Å². The van der Waals surface area contributed by atoms with Crippen molar-refractivity contribution >= 4 is 17.4 Å². The second-order valence-electron chi connectivity index (χ2n) is 3.10. The molecule has 0 bridgehead atoms. The van der Waals surface area contributed by atoms with Crippen molar-refractivity contribution in [2.75, 3.05) is 0 Å². The number of Topliss-reactive ketones (excluding diaryl/α,β-unsaturated/α-hetero) is 1. The molecule has 0 radical (unpaired) electrons. The summed E-state index contributed by atoms with van der Waals surface area (Å²) >= 11 is 5.52. The normalized spacial score (nSPS) is 12.6. The van der Waals surface area contributed by atoms with Crippen LogP contribution in [0.1, 0.15) is 25.0 Å². The average Bonchev–Trinajstić information content (AvgIpc) is 2.08. The van der Waals surface area contributed by atoms with Crippen LogP contribution in [0.3, 0.4) is 0 Å². The molecule has 0 aliphatic carbocycles. The maximum absolute atomic E-state index is 12.7. The van der Waals surface area contributed by atoms with Crippen molar-refractivity contribution in [2.24, 2.45) is 0 Å². The van der Waals surface area contributed by atoms with Crippen molar-refractivity contribution < 1.29 is 14.3 Å². The van der Waals surface area contributed by atoms with Crippen LogP contribution in [0.2, 0.25) is 5.02 Å². The summed E-state index contributed by atoms with van der Waals surface area (Å²) in [5, 5.41) is 9.45. The highest BCUT2D eigenvalue weighted by atomic mass is 35.5. The Balaban J connectivity index is 2.85. The van der Waals surface area contributed by atoms with Crippen molar-refractivity contribution in [2.45, 2.75) is 19.4 Å². The maximum atomic E-state index is 12.7. The van der Waals surface area contributed by atoms with E-state index < -0.39 is 11.9 Å². The van der Waals surface area contributed by atoms with Gasteiger partial charge in [0.15, 0.2) is 0 Å². The molecule has 0 aliphatic rings. The molecule has 1 aromatic carbocycles. The topological polar surface area (TPSA) is 37.3 Å². The largest absolute Gasteiger partial charge is 0.388 e. The van der Waals surface area contributed by atoms with E-state index >= 15 is 0 Å². The van der Waals surface area contributed by atoms with E-state index in [1.165, 1.54) is 25.1 Å². The molecule has 1 aromatic rings. The van der Waals surface area contributed by atoms with E-state index in [1.807, 2.05) is 0 Å². The summed E-state index contributed by atoms with van der Waals surface area (Å²) in [7, 11) is 0. The van der Waals surface area contributed by atoms with Crippen molar-refractivity contribution in [3.63, 3.8) is 0 Å². The second-order valence-corrected chi connectivity index (χ2v) is 3.50. The van der Waals surface area contributed by atoms with E-state index in [9.17, 15) is 14.3 Å². The lowest BCUT2D eigenvalue weighted by atomic mass is 10.1. The average molecular weight is 217 g/mol. The second kappa shape index (κ2) is 4.53. The summed E-state index contributed by atoms with van der Waals surface area (Å²) in [5.74, 6) is -0.664. The quantitative estimate of drug-likeness (QED) is 0.843. The minimum absolute atomic E-state index is 0.0158. The third-order valence-corrected chi connectivity index (χ3v) is 2.10. The van der Waals surface area contributed by atoms with Crippen LogP contribution >= 0.6 is 11.6 Å². The van der Waals surface area contributed by atoms with E-state index in [-0.39, 0.29) is 17.2 Å². The molecular weight excluding hydrogens is 207 g/mol. The van der Waals surface area contributed by atoms with E-state index in [0.717, 1.165) is 0 Å². The zero-order chi connectivity index (χ0) is 10.7. The first kappa shape index (κ1) is 11.1. The molecule has 0 saturated heterocycles. The molecular formula is C10H10ClFO2. The molecule has 14 heavy (non-hydrogen) atoms. The minimum atomic E-state index is -0.911. The fourth-order valence-electron chi connectivity index (χ4n) is 1.11. The summed E-state index contributed by atoms with van der Waals surface area (Å²) in [5.41, 5.74) is 0.451. The number of carbonyl (C=O) groups excluding carboxylic acids is 1. The van der Waals surface area contributed by atoms with Crippen LogP contribution in [-0.2, 0) is 4.79 Å². The van der Waals surface area contributed by atoms with Crippen molar-refractivity contribution in [3.8, 4) is 0 Å². The fourth-order valence-corrected chi connectivity index (χ4v) is 1.30. The Bertz CT molecular complexity index is 352. The van der Waals surface area contributed by atoms with E-state index in [2.05, 4.69) is 0 Å². The minimum Gasteiger partial charge on any atom is -0.388 e. The zero-order valence-electron chi connectivity index (χ0n) is 7.63. The van der Waals surface area contributed by atoms with Gasteiger partial charge in [0.05, 0.1) is 11.1 Å². The van der Waals surface area contributed by atoms with Gasteiger partial charge in [0.1, 0.15) is 11.6 Å². The van der Waals surface area contributed by atoms with Crippen molar-refractivity contribution in [3.05, 3.63) is 34.6 Å². The molecule has 0 aromatic heterocycles. The highest BCUT2D eigenvalue weighted by Crippen LogP contribution is 2.22. The molecule has 0 fully saturated rings. The Kier molecular flexibility index (Phi) is 3.61. The Morgan fingerprint density at radius 3 is 2.79 bits per heavy atom. The number of benzene rings is 1. The summed E-state index contributed by atoms with van der Waals surface area (Å²) in [4.78, 5) is 10.7. The van der Waals surface area contributed by atoms with Gasteiger partial charge in [-0.25, -0.2) is 4.39 Å². The van der Waals surface area contributed by atoms with Crippen LogP contribution in [0.15, 0.2) is 18.2 Å². The van der Waals surface area contributed by atoms with Gasteiger partial charge in [-0.15, -0.1) is 0 Å². The predicted octanol–water partition coefficient (Wildman–Crippen LogP) is 2.49. The van der Waals surface area contributed by atoms with Crippen molar-refractivity contribution in [1.29, 1.82) is 0 Å². The van der Waals surface area contributed by atoms with Gasteiger partial charge >= 0.3 is 0 Å². The molecule has 1 atom stereocenters. The molecule has 0 spiro atoms. The van der Waals surface area contributed by atoms with Gasteiger partial charge in [0.25, 0.3) is 0 Å². The SMILES string of the molecule is CC(=O)C[C@@H](O)c1ccc(F)c(Cl)c1. The van der Waals surface area contributed by atoms with Crippen molar-refractivity contribution in [1.82, 2.24) is 0 Å². The molecule has 76 valence electrons. The molecule has 2 nitrogen and oxygen atoms in total. The maximum Gasteiger partial charge on any atom is 0.141 e. The van der Waals surface area contributed by atoms with E-state index in [1.54, 1.807) is 0 Å². The van der Waals surface area contributed by atoms with E-state index in [4.69, 9.17) is 11.6 Å². The molecule has 0 heterocycles. The number of carbonyl (C=O) groups is 1. The smallest absolute Gasteiger partial charge is 0.141 e. The van der Waals surface area contributed by atoms with Gasteiger partial charge in [-0.1, -0.05) is 17.7 Å². The third kappa shape index (κ3) is 2.79. The number of aliphatic hydroxyl groups excluding tert-OH is 1. The summed E-state index contributed by atoms with van der Waals surface area (Å²) in [6.07, 6.45) is -0.896. The van der Waals surface area contributed by atoms with Crippen LogP contribution in [0.25, 0.3) is 0 Å². The first-order valence-corrected chi connectivity index (χ1v) is 4.51. The van der Waals surface area contributed by atoms with Gasteiger partial charge in [0, 0.05) is 6.42 Å². The lowest BCUT2D eigenvalue weighted by molar-refractivity contribution is -0.118. The lowest BCUT2D eigenvalue weighted by Crippen LogP contribution is -2.03. The van der Waals surface area contributed by atoms with Gasteiger partial charge in [-0.3, -0.25) is 4.79 Å². The number of rotatable bonds is 3. The Hall–Kier alpha value is -0.930. The standard InChI is InChI=1S/C10H10ClFO2/c1-6(13)4-10(14)7-2-3-9(12)8(11)5-7/h2-3,5,10,14H,4H2,1H3/t10-/m1/s1. The first-order valence-electron chi connectivity index (χ1n) is 4.13. The Morgan fingerprint density at radius 2 is 2.29 bits per heavy atom. The van der Waals surface area contributed by atoms with Gasteiger partial charge < -0.3 is 5.11 Å². The van der Waals surface area contributed by atoms with Gasteiger partial charge in [0.2, 0.25) is 0 Å². The summed E-state index contributed by atoms with van der Waals surface area (Å²) in [6.45, 7) is 1.38. The molecule has 1 N–H and O–H groups in total. The number of ketones is 1. The first-order chi connectivity index (χ1) is 6.50. The summed E-state index contributed by atoms with van der Waals surface area (Å²) in [6, 6.07) is 3.90. The van der Waals surface area contributed by atoms with Crippen LogP contribution in [-0.4, -0.2) is 10.9 Å². The summed E-state index contributed by atoms with van der Waals surface area (Å²) < 4.78 is 12.7. The number of halogens is 2. The van der Waals surface area contributed by atoms with E-state index in [0.29, 0.717) is 5.56 Å². The number of hydrogen-bond acceptors (Lipinski definition) is 2. The zero-order valence-corrected chi connectivity index (χ0v) is 8.38. The molecule has 1 rings (SSSR count). The lowest BCUT2D eigenvalue weighted by Gasteiger charge is -2.09. The third-order valence-electron chi connectivity index (χ3n) is 1.81. The van der Waals surface area contributed by atoms with Crippen LogP contribution in [0, 0.1) is 5.82 Å². The highest BCUT2D eigenvalue weighted by molar-refractivity contribution is 6.30. The molecule has 0 saturated carbocycles.